The molecule has 1 atom stereocenters. The van der Waals surface area contributed by atoms with E-state index in [0.717, 1.165) is 30.6 Å². The van der Waals surface area contributed by atoms with Gasteiger partial charge >= 0.3 is 0 Å². The van der Waals surface area contributed by atoms with Crippen molar-refractivity contribution in [3.8, 4) is 0 Å². The highest BCUT2D eigenvalue weighted by atomic mass is 35.5. The number of hydrogen-bond donors (Lipinski definition) is 0. The van der Waals surface area contributed by atoms with Crippen LogP contribution in [0.3, 0.4) is 0 Å². The molecule has 1 unspecified atom stereocenters. The van der Waals surface area contributed by atoms with Gasteiger partial charge in [-0.3, -0.25) is 0 Å². The Kier molecular flexibility index (Phi) is 3.76. The van der Waals surface area contributed by atoms with Gasteiger partial charge in [0.1, 0.15) is 0 Å². The highest BCUT2D eigenvalue weighted by molar-refractivity contribution is 6.30. The summed E-state index contributed by atoms with van der Waals surface area (Å²) in [5.74, 6) is 0.833. The van der Waals surface area contributed by atoms with Crippen LogP contribution in [0.15, 0.2) is 24.3 Å². The normalized spacial score (nSPS) is 25.6. The Morgan fingerprint density at radius 2 is 1.83 bits per heavy atom. The average Bonchev–Trinajstić information content (AvgIpc) is 2.94. The number of piperazine rings is 1. The maximum absolute atomic E-state index is 5.95. The number of halogens is 1. The fourth-order valence-corrected chi connectivity index (χ4v) is 3.37. The third kappa shape index (κ3) is 2.65. The first-order valence-electron chi connectivity index (χ1n) is 7.00. The Morgan fingerprint density at radius 1 is 1.11 bits per heavy atom. The van der Waals surface area contributed by atoms with Gasteiger partial charge in [-0.05, 0) is 43.0 Å². The van der Waals surface area contributed by atoms with Crippen molar-refractivity contribution in [2.24, 2.45) is 5.92 Å². The first-order valence-corrected chi connectivity index (χ1v) is 7.38. The molecule has 1 heterocycles. The van der Waals surface area contributed by atoms with Crippen LogP contribution in [0.1, 0.15) is 25.7 Å². The minimum Gasteiger partial charge on any atom is -0.369 e. The molecule has 3 rings (SSSR count). The van der Waals surface area contributed by atoms with Gasteiger partial charge in [0.05, 0.1) is 0 Å². The molecule has 0 bridgehead atoms. The van der Waals surface area contributed by atoms with Crippen LogP contribution in [-0.2, 0) is 0 Å². The van der Waals surface area contributed by atoms with E-state index in [2.05, 4.69) is 17.0 Å². The quantitative estimate of drug-likeness (QED) is 0.800. The molecule has 97 valence electrons. The second kappa shape index (κ2) is 5.50. The van der Waals surface area contributed by atoms with E-state index in [-0.39, 0.29) is 0 Å². The van der Waals surface area contributed by atoms with Gasteiger partial charge in [0.25, 0.3) is 0 Å². The lowest BCUT2D eigenvalue weighted by molar-refractivity contribution is 0.328. The lowest BCUT2D eigenvalue weighted by atomic mass is 9.96. The molecular weight excluding hydrogens is 244 g/mol. The Morgan fingerprint density at radius 3 is 2.56 bits per heavy atom. The lowest BCUT2D eigenvalue weighted by Crippen LogP contribution is -2.49. The summed E-state index contributed by atoms with van der Waals surface area (Å²) in [5.41, 5.74) is 1.29. The minimum absolute atomic E-state index is 0.553. The van der Waals surface area contributed by atoms with Crippen LogP contribution in [0.2, 0.25) is 5.02 Å². The summed E-state index contributed by atoms with van der Waals surface area (Å²) in [6.45, 7) is 3.11. The van der Waals surface area contributed by atoms with Crippen LogP contribution < -0.4 is 10.2 Å². The van der Waals surface area contributed by atoms with Crippen molar-refractivity contribution in [2.75, 3.05) is 24.5 Å². The predicted molar refractivity (Wildman–Crippen MR) is 76.4 cm³/mol. The predicted octanol–water partition coefficient (Wildman–Crippen LogP) is 3.32. The summed E-state index contributed by atoms with van der Waals surface area (Å²) >= 11 is 5.95. The molecule has 0 spiro atoms. The van der Waals surface area contributed by atoms with Crippen LogP contribution in [0.4, 0.5) is 5.69 Å². The van der Waals surface area contributed by atoms with Gasteiger partial charge in [0, 0.05) is 36.4 Å². The number of rotatable bonds is 2. The van der Waals surface area contributed by atoms with Crippen LogP contribution in [0.5, 0.6) is 0 Å². The number of hydrogen-bond acceptors (Lipinski definition) is 1. The Balaban J connectivity index is 1.67. The highest BCUT2D eigenvalue weighted by Crippen LogP contribution is 2.30. The van der Waals surface area contributed by atoms with E-state index in [0.29, 0.717) is 6.04 Å². The van der Waals surface area contributed by atoms with Crippen molar-refractivity contribution in [1.29, 1.82) is 0 Å². The minimum atomic E-state index is 0.553. The van der Waals surface area contributed by atoms with E-state index in [4.69, 9.17) is 16.9 Å². The molecule has 1 saturated heterocycles. The van der Waals surface area contributed by atoms with Gasteiger partial charge in [-0.2, -0.15) is 0 Å². The molecule has 3 heteroatoms. The third-order valence-corrected chi connectivity index (χ3v) is 4.53. The number of nitrogens with zero attached hydrogens (tertiary/aromatic N) is 2. The summed E-state index contributed by atoms with van der Waals surface area (Å²) in [7, 11) is 0. The SMILES string of the molecule is Clc1ccc(N2CC[N]C(C3CCCC3)C2)cc1. The summed E-state index contributed by atoms with van der Waals surface area (Å²) in [6, 6.07) is 8.76. The largest absolute Gasteiger partial charge is 0.369 e. The van der Waals surface area contributed by atoms with E-state index in [9.17, 15) is 0 Å². The van der Waals surface area contributed by atoms with Crippen LogP contribution in [-0.4, -0.2) is 25.7 Å². The zero-order chi connectivity index (χ0) is 12.4. The molecule has 1 saturated carbocycles. The molecule has 0 N–H and O–H groups in total. The second-order valence-corrected chi connectivity index (χ2v) is 5.88. The Bertz CT molecular complexity index is 384. The van der Waals surface area contributed by atoms with Crippen molar-refractivity contribution in [3.05, 3.63) is 29.3 Å². The first-order chi connectivity index (χ1) is 8.83. The molecule has 18 heavy (non-hydrogen) atoms. The van der Waals surface area contributed by atoms with Crippen molar-refractivity contribution < 1.29 is 0 Å². The highest BCUT2D eigenvalue weighted by Gasteiger charge is 2.29. The Labute approximate surface area is 114 Å². The summed E-state index contributed by atoms with van der Waals surface area (Å²) in [4.78, 5) is 2.46. The maximum atomic E-state index is 5.95. The standard InChI is InChI=1S/C15H20ClN2/c16-13-5-7-14(8-6-13)18-10-9-17-15(11-18)12-3-1-2-4-12/h5-8,12,15H,1-4,9-11H2. The van der Waals surface area contributed by atoms with Crippen molar-refractivity contribution in [3.63, 3.8) is 0 Å². The van der Waals surface area contributed by atoms with Crippen LogP contribution in [0, 0.1) is 5.92 Å². The molecule has 2 fully saturated rings. The van der Waals surface area contributed by atoms with Gasteiger partial charge < -0.3 is 4.90 Å². The molecule has 1 aliphatic carbocycles. The van der Waals surface area contributed by atoms with Gasteiger partial charge in [-0.1, -0.05) is 24.4 Å². The van der Waals surface area contributed by atoms with Gasteiger partial charge in [-0.15, -0.1) is 0 Å². The van der Waals surface area contributed by atoms with E-state index < -0.39 is 0 Å². The fourth-order valence-electron chi connectivity index (χ4n) is 3.25. The average molecular weight is 264 g/mol. The van der Waals surface area contributed by atoms with Crippen molar-refractivity contribution in [2.45, 2.75) is 31.7 Å². The number of benzene rings is 1. The van der Waals surface area contributed by atoms with Crippen molar-refractivity contribution >= 4 is 17.3 Å². The van der Waals surface area contributed by atoms with E-state index in [1.807, 2.05) is 12.1 Å². The second-order valence-electron chi connectivity index (χ2n) is 5.44. The molecule has 0 aromatic heterocycles. The van der Waals surface area contributed by atoms with Gasteiger partial charge in [0.15, 0.2) is 0 Å². The fraction of sp³-hybridized carbons (Fsp3) is 0.600. The first kappa shape index (κ1) is 12.3. The monoisotopic (exact) mass is 263 g/mol. The smallest absolute Gasteiger partial charge is 0.0450 e. The zero-order valence-electron chi connectivity index (χ0n) is 10.7. The molecule has 1 aliphatic heterocycles. The molecule has 2 aliphatic rings. The van der Waals surface area contributed by atoms with E-state index in [1.54, 1.807) is 0 Å². The van der Waals surface area contributed by atoms with Gasteiger partial charge in [0.2, 0.25) is 0 Å². The summed E-state index contributed by atoms with van der Waals surface area (Å²) in [5, 5.41) is 5.65. The van der Waals surface area contributed by atoms with E-state index >= 15 is 0 Å². The molecular formula is C15H20ClN2. The van der Waals surface area contributed by atoms with Crippen molar-refractivity contribution in [1.82, 2.24) is 5.32 Å². The molecule has 1 aromatic carbocycles. The lowest BCUT2D eigenvalue weighted by Gasteiger charge is -2.37. The maximum Gasteiger partial charge on any atom is 0.0450 e. The molecule has 0 amide bonds. The molecule has 1 aromatic rings. The van der Waals surface area contributed by atoms with Gasteiger partial charge in [-0.25, -0.2) is 5.32 Å². The zero-order valence-corrected chi connectivity index (χ0v) is 11.4. The van der Waals surface area contributed by atoms with Crippen LogP contribution in [0.25, 0.3) is 0 Å². The molecule has 2 nitrogen and oxygen atoms in total. The van der Waals surface area contributed by atoms with Crippen LogP contribution >= 0.6 is 11.6 Å². The van der Waals surface area contributed by atoms with E-state index in [1.165, 1.54) is 31.4 Å². The third-order valence-electron chi connectivity index (χ3n) is 4.28. The Hall–Kier alpha value is -0.730. The number of anilines is 1. The molecule has 1 radical (unpaired) electrons. The summed E-state index contributed by atoms with van der Waals surface area (Å²) in [6.07, 6.45) is 5.56. The summed E-state index contributed by atoms with van der Waals surface area (Å²) < 4.78 is 0. The topological polar surface area (TPSA) is 17.3 Å².